The summed E-state index contributed by atoms with van der Waals surface area (Å²) in [6, 6.07) is 2.13. The number of amides is 1. The highest BCUT2D eigenvalue weighted by atomic mass is 32.1. The summed E-state index contributed by atoms with van der Waals surface area (Å²) in [5.74, 6) is 0.275. The summed E-state index contributed by atoms with van der Waals surface area (Å²) in [6.07, 6.45) is 1.66. The molecule has 2 heterocycles. The molecular weight excluding hydrogens is 182 g/mol. The van der Waals surface area contributed by atoms with Crippen molar-refractivity contribution in [1.29, 1.82) is 0 Å². The molecule has 0 saturated heterocycles. The fourth-order valence-electron chi connectivity index (χ4n) is 1.68. The fraction of sp³-hybridized carbons (Fsp3) is 0.500. The van der Waals surface area contributed by atoms with Crippen LogP contribution in [0.5, 0.6) is 0 Å². The van der Waals surface area contributed by atoms with Gasteiger partial charge >= 0.3 is 0 Å². The van der Waals surface area contributed by atoms with Crippen molar-refractivity contribution in [1.82, 2.24) is 4.90 Å². The number of carbonyl (C=O) groups excluding carboxylic acids is 1. The minimum absolute atomic E-state index is 0.275. The van der Waals surface area contributed by atoms with Gasteiger partial charge < -0.3 is 4.90 Å². The predicted octanol–water partition coefficient (Wildman–Crippen LogP) is 2.04. The standard InChI is InChI=1S/C10H13NOS/c1-2-10(12)11-5-3-9-8(7-11)4-6-13-9/h4,6H,2-3,5,7H2,1H3. The van der Waals surface area contributed by atoms with E-state index in [4.69, 9.17) is 0 Å². The van der Waals surface area contributed by atoms with Gasteiger partial charge in [-0.15, -0.1) is 11.3 Å². The fourth-order valence-corrected chi connectivity index (χ4v) is 2.57. The van der Waals surface area contributed by atoms with Gasteiger partial charge in [-0.1, -0.05) is 6.92 Å². The van der Waals surface area contributed by atoms with E-state index in [1.165, 1.54) is 10.4 Å². The molecule has 0 radical (unpaired) electrons. The van der Waals surface area contributed by atoms with Crippen molar-refractivity contribution in [3.8, 4) is 0 Å². The summed E-state index contributed by atoms with van der Waals surface area (Å²) in [6.45, 7) is 3.65. The van der Waals surface area contributed by atoms with E-state index in [0.717, 1.165) is 19.5 Å². The zero-order chi connectivity index (χ0) is 9.26. The highest BCUT2D eigenvalue weighted by Crippen LogP contribution is 2.24. The monoisotopic (exact) mass is 195 g/mol. The highest BCUT2D eigenvalue weighted by Gasteiger charge is 2.19. The Balaban J connectivity index is 2.13. The van der Waals surface area contributed by atoms with Gasteiger partial charge in [-0.3, -0.25) is 4.79 Å². The SMILES string of the molecule is CCC(=O)N1CCc2sccc2C1. The molecule has 0 N–H and O–H groups in total. The van der Waals surface area contributed by atoms with Crippen molar-refractivity contribution in [3.05, 3.63) is 21.9 Å². The number of fused-ring (bicyclic) bond motifs is 1. The molecule has 1 aliphatic rings. The van der Waals surface area contributed by atoms with Crippen LogP contribution in [0, 0.1) is 0 Å². The van der Waals surface area contributed by atoms with Crippen LogP contribution in [0.25, 0.3) is 0 Å². The van der Waals surface area contributed by atoms with Gasteiger partial charge in [-0.05, 0) is 23.4 Å². The molecule has 2 rings (SSSR count). The maximum Gasteiger partial charge on any atom is 0.222 e. The zero-order valence-electron chi connectivity index (χ0n) is 7.75. The van der Waals surface area contributed by atoms with Gasteiger partial charge in [0.1, 0.15) is 0 Å². The maximum absolute atomic E-state index is 11.4. The van der Waals surface area contributed by atoms with E-state index in [9.17, 15) is 4.79 Å². The largest absolute Gasteiger partial charge is 0.338 e. The lowest BCUT2D eigenvalue weighted by atomic mass is 10.1. The molecule has 13 heavy (non-hydrogen) atoms. The van der Waals surface area contributed by atoms with Crippen molar-refractivity contribution >= 4 is 17.2 Å². The van der Waals surface area contributed by atoms with Crippen LogP contribution < -0.4 is 0 Å². The lowest BCUT2D eigenvalue weighted by Crippen LogP contribution is -2.34. The molecule has 70 valence electrons. The first-order valence-electron chi connectivity index (χ1n) is 4.64. The van der Waals surface area contributed by atoms with Gasteiger partial charge in [0.2, 0.25) is 5.91 Å². The third-order valence-corrected chi connectivity index (χ3v) is 3.49. The molecule has 1 aliphatic heterocycles. The normalized spacial score (nSPS) is 15.6. The van der Waals surface area contributed by atoms with E-state index in [0.29, 0.717) is 6.42 Å². The zero-order valence-corrected chi connectivity index (χ0v) is 8.56. The summed E-state index contributed by atoms with van der Waals surface area (Å²) in [5, 5.41) is 2.12. The summed E-state index contributed by atoms with van der Waals surface area (Å²) < 4.78 is 0. The minimum atomic E-state index is 0.275. The number of hydrogen-bond acceptors (Lipinski definition) is 2. The van der Waals surface area contributed by atoms with Gasteiger partial charge in [0.15, 0.2) is 0 Å². The average molecular weight is 195 g/mol. The smallest absolute Gasteiger partial charge is 0.222 e. The van der Waals surface area contributed by atoms with E-state index < -0.39 is 0 Å². The van der Waals surface area contributed by atoms with Crippen LogP contribution >= 0.6 is 11.3 Å². The van der Waals surface area contributed by atoms with Crippen molar-refractivity contribution in [2.75, 3.05) is 6.54 Å². The van der Waals surface area contributed by atoms with Gasteiger partial charge in [0, 0.05) is 24.4 Å². The van der Waals surface area contributed by atoms with E-state index >= 15 is 0 Å². The minimum Gasteiger partial charge on any atom is -0.338 e. The van der Waals surface area contributed by atoms with Gasteiger partial charge in [0.05, 0.1) is 0 Å². The van der Waals surface area contributed by atoms with Gasteiger partial charge in [0.25, 0.3) is 0 Å². The van der Waals surface area contributed by atoms with Crippen LogP contribution in [0.2, 0.25) is 0 Å². The molecule has 1 aromatic heterocycles. The number of nitrogens with zero attached hydrogens (tertiary/aromatic N) is 1. The van der Waals surface area contributed by atoms with E-state index in [-0.39, 0.29) is 5.91 Å². The Kier molecular flexibility index (Phi) is 2.36. The van der Waals surface area contributed by atoms with Crippen molar-refractivity contribution in [3.63, 3.8) is 0 Å². The second kappa shape index (κ2) is 3.50. The number of thiophene rings is 1. The summed E-state index contributed by atoms with van der Waals surface area (Å²) in [4.78, 5) is 14.8. The predicted molar refractivity (Wildman–Crippen MR) is 53.7 cm³/mol. The maximum atomic E-state index is 11.4. The molecule has 0 fully saturated rings. The van der Waals surface area contributed by atoms with E-state index in [1.807, 2.05) is 23.2 Å². The molecule has 2 nitrogen and oxygen atoms in total. The summed E-state index contributed by atoms with van der Waals surface area (Å²) in [7, 11) is 0. The van der Waals surface area contributed by atoms with Crippen LogP contribution in [0.15, 0.2) is 11.4 Å². The van der Waals surface area contributed by atoms with E-state index in [1.54, 1.807) is 0 Å². The van der Waals surface area contributed by atoms with Crippen LogP contribution in [-0.2, 0) is 17.8 Å². The van der Waals surface area contributed by atoms with Gasteiger partial charge in [-0.25, -0.2) is 0 Å². The van der Waals surface area contributed by atoms with Crippen LogP contribution in [-0.4, -0.2) is 17.4 Å². The lowest BCUT2D eigenvalue weighted by molar-refractivity contribution is -0.131. The first-order chi connectivity index (χ1) is 6.31. The van der Waals surface area contributed by atoms with Crippen LogP contribution in [0.1, 0.15) is 23.8 Å². The van der Waals surface area contributed by atoms with Crippen LogP contribution in [0.4, 0.5) is 0 Å². The van der Waals surface area contributed by atoms with Crippen LogP contribution in [0.3, 0.4) is 0 Å². The molecule has 0 spiro atoms. The second-order valence-corrected chi connectivity index (χ2v) is 4.29. The molecule has 0 unspecified atom stereocenters. The highest BCUT2D eigenvalue weighted by molar-refractivity contribution is 7.10. The molecule has 3 heteroatoms. The number of carbonyl (C=O) groups is 1. The Hall–Kier alpha value is -0.830. The Labute approximate surface area is 82.2 Å². The Morgan fingerprint density at radius 1 is 1.69 bits per heavy atom. The first-order valence-corrected chi connectivity index (χ1v) is 5.52. The average Bonchev–Trinajstić information content (AvgIpc) is 2.63. The molecule has 0 aliphatic carbocycles. The van der Waals surface area contributed by atoms with Gasteiger partial charge in [-0.2, -0.15) is 0 Å². The van der Waals surface area contributed by atoms with E-state index in [2.05, 4.69) is 11.4 Å². The van der Waals surface area contributed by atoms with Crippen molar-refractivity contribution < 1.29 is 4.79 Å². The molecule has 1 aromatic rings. The molecular formula is C10H13NOS. The lowest BCUT2D eigenvalue weighted by Gasteiger charge is -2.26. The topological polar surface area (TPSA) is 20.3 Å². The number of rotatable bonds is 1. The van der Waals surface area contributed by atoms with Crippen molar-refractivity contribution in [2.24, 2.45) is 0 Å². The summed E-state index contributed by atoms with van der Waals surface area (Å²) in [5.41, 5.74) is 1.35. The Morgan fingerprint density at radius 2 is 2.54 bits per heavy atom. The Bertz CT molecular complexity index is 318. The molecule has 0 aromatic carbocycles. The quantitative estimate of drug-likeness (QED) is 0.671. The Morgan fingerprint density at radius 3 is 3.31 bits per heavy atom. The molecule has 0 saturated carbocycles. The third-order valence-electron chi connectivity index (χ3n) is 2.46. The molecule has 0 bridgehead atoms. The van der Waals surface area contributed by atoms with Crippen molar-refractivity contribution in [2.45, 2.75) is 26.3 Å². The molecule has 1 amide bonds. The molecule has 0 atom stereocenters. The summed E-state index contributed by atoms with van der Waals surface area (Å²) >= 11 is 1.81. The first kappa shape index (κ1) is 8.75. The third kappa shape index (κ3) is 1.61. The number of hydrogen-bond donors (Lipinski definition) is 0. The second-order valence-electron chi connectivity index (χ2n) is 3.29.